The number of nitrogens with one attached hydrogen (secondary N) is 1. The van der Waals surface area contributed by atoms with E-state index in [-0.39, 0.29) is 11.3 Å². The Morgan fingerprint density at radius 2 is 2.05 bits per heavy atom. The highest BCUT2D eigenvalue weighted by Crippen LogP contribution is 2.18. The van der Waals surface area contributed by atoms with Gasteiger partial charge in [0.15, 0.2) is 11.6 Å². The van der Waals surface area contributed by atoms with Crippen LogP contribution in [0.5, 0.6) is 5.75 Å². The Hall–Kier alpha value is -2.50. The Kier molecular flexibility index (Phi) is 3.70. The minimum absolute atomic E-state index is 0.0556. The predicted octanol–water partition coefficient (Wildman–Crippen LogP) is 2.62. The third-order valence-electron chi connectivity index (χ3n) is 2.40. The highest BCUT2D eigenvalue weighted by molar-refractivity contribution is 6.04. The summed E-state index contributed by atoms with van der Waals surface area (Å²) >= 11 is 0. The molecule has 19 heavy (non-hydrogen) atoms. The van der Waals surface area contributed by atoms with E-state index in [1.807, 2.05) is 0 Å². The van der Waals surface area contributed by atoms with Gasteiger partial charge in [-0.25, -0.2) is 9.37 Å². The van der Waals surface area contributed by atoms with E-state index >= 15 is 0 Å². The van der Waals surface area contributed by atoms with Crippen LogP contribution in [0.2, 0.25) is 0 Å². The molecule has 0 aliphatic carbocycles. The Morgan fingerprint density at radius 3 is 2.63 bits per heavy atom. The van der Waals surface area contributed by atoms with Gasteiger partial charge in [0.2, 0.25) is 5.95 Å². The Balaban J connectivity index is 2.16. The number of anilines is 1. The fourth-order valence-corrected chi connectivity index (χ4v) is 1.46. The third kappa shape index (κ3) is 3.04. The van der Waals surface area contributed by atoms with E-state index in [4.69, 9.17) is 4.74 Å². The third-order valence-corrected chi connectivity index (χ3v) is 2.40. The minimum Gasteiger partial charge on any atom is -0.494 e. The highest BCUT2D eigenvalue weighted by atomic mass is 19.1. The number of carbonyl (C=O) groups excluding carboxylic acids is 1. The maximum Gasteiger partial charge on any atom is 0.255 e. The van der Waals surface area contributed by atoms with Crippen molar-refractivity contribution in [2.24, 2.45) is 0 Å². The molecule has 1 aromatic carbocycles. The normalized spacial score (nSPS) is 10.1. The second-order valence-electron chi connectivity index (χ2n) is 3.67. The number of ether oxygens (including phenoxy) is 1. The van der Waals surface area contributed by atoms with Gasteiger partial charge in [0.05, 0.1) is 19.0 Å². The topological polar surface area (TPSA) is 51.2 Å². The molecule has 0 spiro atoms. The number of amides is 1. The van der Waals surface area contributed by atoms with Crippen molar-refractivity contribution in [3.8, 4) is 5.75 Å². The van der Waals surface area contributed by atoms with E-state index in [2.05, 4.69) is 10.3 Å². The zero-order chi connectivity index (χ0) is 13.8. The van der Waals surface area contributed by atoms with Crippen molar-refractivity contribution < 1.29 is 18.3 Å². The summed E-state index contributed by atoms with van der Waals surface area (Å²) in [5, 5.41) is 2.47. The zero-order valence-electron chi connectivity index (χ0n) is 9.98. The molecule has 0 aliphatic heterocycles. The second kappa shape index (κ2) is 5.43. The molecule has 0 radical (unpaired) electrons. The van der Waals surface area contributed by atoms with Gasteiger partial charge in [0.25, 0.3) is 5.91 Å². The molecule has 2 rings (SSSR count). The number of aromatic nitrogens is 1. The van der Waals surface area contributed by atoms with Crippen LogP contribution in [0.1, 0.15) is 10.4 Å². The Morgan fingerprint density at radius 1 is 1.26 bits per heavy atom. The molecule has 0 unspecified atom stereocenters. The lowest BCUT2D eigenvalue weighted by Gasteiger charge is -2.06. The molecule has 0 saturated carbocycles. The molecule has 1 aromatic heterocycles. The van der Waals surface area contributed by atoms with Crippen LogP contribution < -0.4 is 10.1 Å². The molecule has 6 heteroatoms. The molecule has 0 bridgehead atoms. The van der Waals surface area contributed by atoms with Gasteiger partial charge in [-0.1, -0.05) is 0 Å². The van der Waals surface area contributed by atoms with Crippen molar-refractivity contribution in [3.05, 3.63) is 53.9 Å². The molecule has 0 atom stereocenters. The van der Waals surface area contributed by atoms with Crippen LogP contribution in [0.15, 0.2) is 36.5 Å². The fourth-order valence-electron chi connectivity index (χ4n) is 1.46. The largest absolute Gasteiger partial charge is 0.494 e. The van der Waals surface area contributed by atoms with Gasteiger partial charge in [0.1, 0.15) is 0 Å². The van der Waals surface area contributed by atoms with E-state index < -0.39 is 17.7 Å². The molecule has 4 nitrogen and oxygen atoms in total. The number of pyridine rings is 1. The summed E-state index contributed by atoms with van der Waals surface area (Å²) in [4.78, 5) is 15.2. The summed E-state index contributed by atoms with van der Waals surface area (Å²) in [6.45, 7) is 0. The first-order chi connectivity index (χ1) is 9.10. The zero-order valence-corrected chi connectivity index (χ0v) is 9.98. The summed E-state index contributed by atoms with van der Waals surface area (Å²) in [5.74, 6) is -1.74. The quantitative estimate of drug-likeness (QED) is 0.867. The van der Waals surface area contributed by atoms with Gasteiger partial charge >= 0.3 is 0 Å². The van der Waals surface area contributed by atoms with Gasteiger partial charge < -0.3 is 10.1 Å². The SMILES string of the molecule is COc1ccc(C(=O)Nc2ccc(F)nc2)cc1F. The number of nitrogens with zero attached hydrogens (tertiary/aromatic N) is 1. The summed E-state index contributed by atoms with van der Waals surface area (Å²) in [5.41, 5.74) is 0.449. The van der Waals surface area contributed by atoms with Gasteiger partial charge in [-0.05, 0) is 30.3 Å². The van der Waals surface area contributed by atoms with Gasteiger partial charge in [-0.3, -0.25) is 4.79 Å². The lowest BCUT2D eigenvalue weighted by atomic mass is 10.2. The van der Waals surface area contributed by atoms with Gasteiger partial charge in [-0.2, -0.15) is 4.39 Å². The smallest absolute Gasteiger partial charge is 0.255 e. The molecule has 0 fully saturated rings. The van der Waals surface area contributed by atoms with Crippen molar-refractivity contribution in [3.63, 3.8) is 0 Å². The van der Waals surface area contributed by atoms with E-state index in [0.29, 0.717) is 5.69 Å². The number of hydrogen-bond donors (Lipinski definition) is 1. The number of halogens is 2. The number of carbonyl (C=O) groups is 1. The van der Waals surface area contributed by atoms with Crippen LogP contribution in [-0.2, 0) is 0 Å². The number of methoxy groups -OCH3 is 1. The van der Waals surface area contributed by atoms with E-state index in [9.17, 15) is 13.6 Å². The van der Waals surface area contributed by atoms with E-state index in [0.717, 1.165) is 12.1 Å². The van der Waals surface area contributed by atoms with Crippen molar-refractivity contribution >= 4 is 11.6 Å². The van der Waals surface area contributed by atoms with Gasteiger partial charge in [0, 0.05) is 5.56 Å². The Bertz CT molecular complexity index is 600. The minimum atomic E-state index is -0.645. The molecule has 1 heterocycles. The summed E-state index contributed by atoms with van der Waals surface area (Å²) in [6.07, 6.45) is 1.17. The second-order valence-corrected chi connectivity index (χ2v) is 3.67. The highest BCUT2D eigenvalue weighted by Gasteiger charge is 2.10. The van der Waals surface area contributed by atoms with Gasteiger partial charge in [-0.15, -0.1) is 0 Å². The molecular weight excluding hydrogens is 254 g/mol. The van der Waals surface area contributed by atoms with Crippen molar-refractivity contribution in [1.29, 1.82) is 0 Å². The first-order valence-corrected chi connectivity index (χ1v) is 5.36. The molecule has 1 N–H and O–H groups in total. The maximum atomic E-state index is 13.4. The van der Waals surface area contributed by atoms with Crippen molar-refractivity contribution in [2.45, 2.75) is 0 Å². The summed E-state index contributed by atoms with van der Waals surface area (Å²) in [7, 11) is 1.34. The van der Waals surface area contributed by atoms with Crippen LogP contribution in [0.3, 0.4) is 0 Å². The average Bonchev–Trinajstić information content (AvgIpc) is 2.41. The Labute approximate surface area is 108 Å². The summed E-state index contributed by atoms with van der Waals surface area (Å²) < 4.78 is 30.8. The first-order valence-electron chi connectivity index (χ1n) is 5.36. The van der Waals surface area contributed by atoms with E-state index in [1.165, 1.54) is 31.5 Å². The van der Waals surface area contributed by atoms with Crippen LogP contribution in [0.25, 0.3) is 0 Å². The molecule has 98 valence electrons. The summed E-state index contributed by atoms with van der Waals surface area (Å²) in [6, 6.07) is 6.32. The van der Waals surface area contributed by atoms with Crippen LogP contribution in [0, 0.1) is 11.8 Å². The standard InChI is InChI=1S/C13H10F2N2O2/c1-19-11-4-2-8(6-10(11)14)13(18)17-9-3-5-12(15)16-7-9/h2-7H,1H3,(H,17,18). The number of hydrogen-bond acceptors (Lipinski definition) is 3. The molecule has 0 aliphatic rings. The van der Waals surface area contributed by atoms with Crippen LogP contribution in [0.4, 0.5) is 14.5 Å². The van der Waals surface area contributed by atoms with Crippen LogP contribution >= 0.6 is 0 Å². The maximum absolute atomic E-state index is 13.4. The molecule has 2 aromatic rings. The molecule has 0 saturated heterocycles. The van der Waals surface area contributed by atoms with Crippen molar-refractivity contribution in [1.82, 2.24) is 4.98 Å². The lowest BCUT2D eigenvalue weighted by molar-refractivity contribution is 0.102. The lowest BCUT2D eigenvalue weighted by Crippen LogP contribution is -2.12. The fraction of sp³-hybridized carbons (Fsp3) is 0.0769. The average molecular weight is 264 g/mol. The monoisotopic (exact) mass is 264 g/mol. The number of benzene rings is 1. The first kappa shape index (κ1) is 12.9. The molecule has 1 amide bonds. The van der Waals surface area contributed by atoms with Crippen molar-refractivity contribution in [2.75, 3.05) is 12.4 Å². The number of rotatable bonds is 3. The van der Waals surface area contributed by atoms with E-state index in [1.54, 1.807) is 0 Å². The van der Waals surface area contributed by atoms with Crippen LogP contribution in [-0.4, -0.2) is 18.0 Å². The molecular formula is C13H10F2N2O2. The predicted molar refractivity (Wildman–Crippen MR) is 65.1 cm³/mol.